The van der Waals surface area contributed by atoms with E-state index in [0.29, 0.717) is 38.3 Å². The molecule has 0 aromatic carbocycles. The number of nitrogens with two attached hydrogens (primary N) is 1. The summed E-state index contributed by atoms with van der Waals surface area (Å²) in [6, 6.07) is 0.329. The minimum absolute atomic E-state index is 0.300. The third kappa shape index (κ3) is 7.56. The second kappa shape index (κ2) is 9.74. The van der Waals surface area contributed by atoms with Gasteiger partial charge in [0.2, 0.25) is 0 Å². The van der Waals surface area contributed by atoms with Crippen LogP contribution in [0.3, 0.4) is 0 Å². The number of nitrogens with one attached hydrogen (secondary N) is 1. The zero-order chi connectivity index (χ0) is 15.7. The van der Waals surface area contributed by atoms with E-state index in [-0.39, 0.29) is 0 Å². The minimum atomic E-state index is -3.33. The minimum Gasteiger partial charge on any atom is -0.378 e. The Kier molecular flexibility index (Phi) is 8.73. The molecule has 1 fully saturated rings. The van der Waals surface area contributed by atoms with Gasteiger partial charge in [0.25, 0.3) is 10.2 Å². The molecular weight excluding hydrogens is 290 g/mol. The van der Waals surface area contributed by atoms with Crippen LogP contribution in [0.1, 0.15) is 51.9 Å². The predicted molar refractivity (Wildman–Crippen MR) is 85.3 cm³/mol. The van der Waals surface area contributed by atoms with E-state index >= 15 is 0 Å². The Labute approximate surface area is 129 Å². The standard InChI is InChI=1S/C14H31N3O3S/c1-3-4-11-17(2)21(18,19)16-10-5-12-20-14-8-6-13(15)7-9-14/h13-14,16H,3-12,15H2,1-2H3. The van der Waals surface area contributed by atoms with Crippen molar-refractivity contribution in [3.8, 4) is 0 Å². The maximum Gasteiger partial charge on any atom is 0.279 e. The van der Waals surface area contributed by atoms with Crippen LogP contribution >= 0.6 is 0 Å². The monoisotopic (exact) mass is 321 g/mol. The van der Waals surface area contributed by atoms with E-state index in [9.17, 15) is 8.42 Å². The van der Waals surface area contributed by atoms with Crippen molar-refractivity contribution >= 4 is 10.2 Å². The normalized spacial score (nSPS) is 23.6. The summed E-state index contributed by atoms with van der Waals surface area (Å²) < 4.78 is 33.5. The second-order valence-electron chi connectivity index (χ2n) is 5.84. The molecule has 1 rings (SSSR count). The molecule has 0 aliphatic heterocycles. The van der Waals surface area contributed by atoms with E-state index in [4.69, 9.17) is 10.5 Å². The van der Waals surface area contributed by atoms with E-state index in [0.717, 1.165) is 38.5 Å². The number of hydrogen-bond donors (Lipinski definition) is 2. The summed E-state index contributed by atoms with van der Waals surface area (Å²) in [5, 5.41) is 0. The lowest BCUT2D eigenvalue weighted by Crippen LogP contribution is -2.39. The van der Waals surface area contributed by atoms with Crippen molar-refractivity contribution in [3.05, 3.63) is 0 Å². The molecule has 0 aromatic heterocycles. The molecule has 0 amide bonds. The Bertz CT molecular complexity index is 368. The molecule has 0 saturated heterocycles. The summed E-state index contributed by atoms with van der Waals surface area (Å²) in [5.74, 6) is 0. The molecule has 7 heteroatoms. The van der Waals surface area contributed by atoms with Crippen LogP contribution in [-0.2, 0) is 14.9 Å². The van der Waals surface area contributed by atoms with Crippen LogP contribution in [0.5, 0.6) is 0 Å². The van der Waals surface area contributed by atoms with Crippen LogP contribution in [0.25, 0.3) is 0 Å². The molecule has 0 aromatic rings. The number of rotatable bonds is 10. The fourth-order valence-corrected chi connectivity index (χ4v) is 3.38. The zero-order valence-electron chi connectivity index (χ0n) is 13.4. The van der Waals surface area contributed by atoms with Crippen molar-refractivity contribution in [1.82, 2.24) is 9.03 Å². The van der Waals surface area contributed by atoms with E-state index in [1.807, 2.05) is 6.92 Å². The molecule has 0 heterocycles. The summed E-state index contributed by atoms with van der Waals surface area (Å²) >= 11 is 0. The summed E-state index contributed by atoms with van der Waals surface area (Å²) in [6.45, 7) is 3.63. The van der Waals surface area contributed by atoms with Crippen LogP contribution in [0, 0.1) is 0 Å². The van der Waals surface area contributed by atoms with Gasteiger partial charge in [-0.25, -0.2) is 4.72 Å². The molecule has 1 aliphatic rings. The van der Waals surface area contributed by atoms with Crippen molar-refractivity contribution in [3.63, 3.8) is 0 Å². The molecule has 0 spiro atoms. The first-order chi connectivity index (χ1) is 9.95. The van der Waals surface area contributed by atoms with E-state index in [2.05, 4.69) is 4.72 Å². The quantitative estimate of drug-likeness (QED) is 0.593. The first-order valence-corrected chi connectivity index (χ1v) is 9.47. The van der Waals surface area contributed by atoms with Gasteiger partial charge in [0.05, 0.1) is 6.10 Å². The third-order valence-corrected chi connectivity index (χ3v) is 5.49. The molecule has 6 nitrogen and oxygen atoms in total. The highest BCUT2D eigenvalue weighted by Gasteiger charge is 2.19. The van der Waals surface area contributed by atoms with Gasteiger partial charge in [-0.15, -0.1) is 0 Å². The molecule has 0 atom stereocenters. The van der Waals surface area contributed by atoms with E-state index in [1.165, 1.54) is 4.31 Å². The molecule has 3 N–H and O–H groups in total. The molecule has 126 valence electrons. The topological polar surface area (TPSA) is 84.7 Å². The van der Waals surface area contributed by atoms with Crippen LogP contribution in [0.15, 0.2) is 0 Å². The maximum absolute atomic E-state index is 11.9. The second-order valence-corrected chi connectivity index (χ2v) is 7.70. The van der Waals surface area contributed by atoms with Crippen LogP contribution in [0.2, 0.25) is 0 Å². The fraction of sp³-hybridized carbons (Fsp3) is 1.00. The van der Waals surface area contributed by atoms with Crippen molar-refractivity contribution in [2.24, 2.45) is 5.73 Å². The Morgan fingerprint density at radius 1 is 1.24 bits per heavy atom. The summed E-state index contributed by atoms with van der Waals surface area (Å²) in [7, 11) is -1.72. The maximum atomic E-state index is 11.9. The largest absolute Gasteiger partial charge is 0.378 e. The van der Waals surface area contributed by atoms with Crippen LogP contribution < -0.4 is 10.5 Å². The van der Waals surface area contributed by atoms with E-state index < -0.39 is 10.2 Å². The summed E-state index contributed by atoms with van der Waals surface area (Å²) in [5.41, 5.74) is 5.85. The first-order valence-electron chi connectivity index (χ1n) is 8.03. The highest BCUT2D eigenvalue weighted by atomic mass is 32.2. The molecule has 21 heavy (non-hydrogen) atoms. The molecule has 0 unspecified atom stereocenters. The van der Waals surface area contributed by atoms with Crippen molar-refractivity contribution in [1.29, 1.82) is 0 Å². The Morgan fingerprint density at radius 2 is 1.90 bits per heavy atom. The van der Waals surface area contributed by atoms with Crippen molar-refractivity contribution < 1.29 is 13.2 Å². The fourth-order valence-electron chi connectivity index (χ4n) is 2.39. The van der Waals surface area contributed by atoms with Gasteiger partial charge in [-0.2, -0.15) is 12.7 Å². The van der Waals surface area contributed by atoms with Crippen molar-refractivity contribution in [2.75, 3.05) is 26.7 Å². The molecule has 0 bridgehead atoms. The Balaban J connectivity index is 2.10. The average molecular weight is 321 g/mol. The van der Waals surface area contributed by atoms with Gasteiger partial charge >= 0.3 is 0 Å². The lowest BCUT2D eigenvalue weighted by atomic mass is 9.94. The lowest BCUT2D eigenvalue weighted by molar-refractivity contribution is 0.0245. The molecular formula is C14H31N3O3S. The Hall–Kier alpha value is -0.210. The van der Waals surface area contributed by atoms with E-state index in [1.54, 1.807) is 7.05 Å². The lowest BCUT2D eigenvalue weighted by Gasteiger charge is -2.26. The molecule has 0 radical (unpaired) electrons. The number of ether oxygens (including phenoxy) is 1. The van der Waals surface area contributed by atoms with Gasteiger partial charge in [-0.3, -0.25) is 0 Å². The first kappa shape index (κ1) is 18.8. The summed E-state index contributed by atoms with van der Waals surface area (Å²) in [6.07, 6.45) is 6.96. The van der Waals surface area contributed by atoms with Gasteiger partial charge in [0.15, 0.2) is 0 Å². The SMILES string of the molecule is CCCCN(C)S(=O)(=O)NCCCOC1CCC(N)CC1. The third-order valence-electron chi connectivity index (χ3n) is 3.91. The number of nitrogens with zero attached hydrogens (tertiary/aromatic N) is 1. The highest BCUT2D eigenvalue weighted by molar-refractivity contribution is 7.87. The van der Waals surface area contributed by atoms with Gasteiger partial charge in [0.1, 0.15) is 0 Å². The van der Waals surface area contributed by atoms with Gasteiger partial charge in [-0.05, 0) is 38.5 Å². The Morgan fingerprint density at radius 3 is 2.52 bits per heavy atom. The predicted octanol–water partition coefficient (Wildman–Crippen LogP) is 1.23. The molecule has 1 aliphatic carbocycles. The van der Waals surface area contributed by atoms with Gasteiger partial charge < -0.3 is 10.5 Å². The van der Waals surface area contributed by atoms with Crippen LogP contribution in [-0.4, -0.2) is 51.6 Å². The van der Waals surface area contributed by atoms with Crippen molar-refractivity contribution in [2.45, 2.75) is 64.0 Å². The van der Waals surface area contributed by atoms with Gasteiger partial charge in [-0.1, -0.05) is 13.3 Å². The summed E-state index contributed by atoms with van der Waals surface area (Å²) in [4.78, 5) is 0. The number of unbranched alkanes of at least 4 members (excludes halogenated alkanes) is 1. The van der Waals surface area contributed by atoms with Crippen LogP contribution in [0.4, 0.5) is 0 Å². The zero-order valence-corrected chi connectivity index (χ0v) is 14.2. The smallest absolute Gasteiger partial charge is 0.279 e. The molecule has 1 saturated carbocycles. The number of hydrogen-bond acceptors (Lipinski definition) is 4. The highest BCUT2D eigenvalue weighted by Crippen LogP contribution is 2.19. The van der Waals surface area contributed by atoms with Gasteiger partial charge in [0, 0.05) is 32.8 Å². The average Bonchev–Trinajstić information content (AvgIpc) is 2.46.